The predicted molar refractivity (Wildman–Crippen MR) is 81.4 cm³/mol. The summed E-state index contributed by atoms with van der Waals surface area (Å²) in [5.74, 6) is -0.398. The lowest BCUT2D eigenvalue weighted by molar-refractivity contribution is -0.120. The van der Waals surface area contributed by atoms with E-state index in [2.05, 4.69) is 5.32 Å². The van der Waals surface area contributed by atoms with Crippen LogP contribution in [0.2, 0.25) is 5.02 Å². The summed E-state index contributed by atoms with van der Waals surface area (Å²) in [6.07, 6.45) is 0. The minimum Gasteiger partial charge on any atom is -0.368 e. The minimum atomic E-state index is -0.523. The van der Waals surface area contributed by atoms with Crippen LogP contribution in [0.4, 0.5) is 0 Å². The summed E-state index contributed by atoms with van der Waals surface area (Å²) in [5.41, 5.74) is 7.37. The van der Waals surface area contributed by atoms with Crippen molar-refractivity contribution in [1.29, 1.82) is 0 Å². The molecule has 1 amide bonds. The first-order valence-electron chi connectivity index (χ1n) is 6.43. The van der Waals surface area contributed by atoms with Gasteiger partial charge >= 0.3 is 0 Å². The molecule has 2 rings (SSSR count). The first-order chi connectivity index (χ1) is 9.58. The average molecular weight is 289 g/mol. The molecule has 2 aromatic carbocycles. The average Bonchev–Trinajstić information content (AvgIpc) is 2.45. The van der Waals surface area contributed by atoms with Crippen molar-refractivity contribution in [2.75, 3.05) is 0 Å². The Morgan fingerprint density at radius 3 is 2.35 bits per heavy atom. The van der Waals surface area contributed by atoms with Crippen LogP contribution >= 0.6 is 11.6 Å². The highest BCUT2D eigenvalue weighted by Gasteiger charge is 2.20. The van der Waals surface area contributed by atoms with Gasteiger partial charge in [-0.2, -0.15) is 0 Å². The van der Waals surface area contributed by atoms with Gasteiger partial charge < -0.3 is 5.73 Å². The van der Waals surface area contributed by atoms with Crippen molar-refractivity contribution in [1.82, 2.24) is 5.32 Å². The second-order valence-corrected chi connectivity index (χ2v) is 5.13. The number of nitrogens with two attached hydrogens (primary N) is 1. The van der Waals surface area contributed by atoms with Crippen LogP contribution in [-0.2, 0) is 4.79 Å². The Labute approximate surface area is 123 Å². The third kappa shape index (κ3) is 3.59. The smallest absolute Gasteiger partial charge is 0.239 e. The molecule has 2 atom stereocenters. The monoisotopic (exact) mass is 288 g/mol. The van der Waals surface area contributed by atoms with Gasteiger partial charge in [-0.05, 0) is 30.2 Å². The van der Waals surface area contributed by atoms with Gasteiger partial charge in [-0.1, -0.05) is 54.1 Å². The maximum Gasteiger partial charge on any atom is 0.239 e. The number of rotatable bonds is 5. The zero-order valence-electron chi connectivity index (χ0n) is 11.2. The molecule has 0 aliphatic heterocycles. The van der Waals surface area contributed by atoms with Gasteiger partial charge in [0.25, 0.3) is 0 Å². The van der Waals surface area contributed by atoms with Gasteiger partial charge in [0.1, 0.15) is 6.04 Å². The van der Waals surface area contributed by atoms with Crippen molar-refractivity contribution < 1.29 is 4.79 Å². The second-order valence-electron chi connectivity index (χ2n) is 4.69. The first kappa shape index (κ1) is 14.6. The number of halogens is 1. The van der Waals surface area contributed by atoms with Gasteiger partial charge in [-0.15, -0.1) is 0 Å². The summed E-state index contributed by atoms with van der Waals surface area (Å²) in [4.78, 5) is 11.7. The summed E-state index contributed by atoms with van der Waals surface area (Å²) in [5, 5.41) is 3.92. The zero-order chi connectivity index (χ0) is 14.5. The first-order valence-corrected chi connectivity index (χ1v) is 6.81. The van der Waals surface area contributed by atoms with E-state index < -0.39 is 11.9 Å². The molecule has 0 unspecified atom stereocenters. The van der Waals surface area contributed by atoms with Crippen LogP contribution in [0.15, 0.2) is 54.6 Å². The Hall–Kier alpha value is -1.84. The van der Waals surface area contributed by atoms with Crippen LogP contribution in [0, 0.1) is 0 Å². The molecule has 0 heterocycles. The van der Waals surface area contributed by atoms with E-state index in [0.717, 1.165) is 11.1 Å². The molecule has 3 N–H and O–H groups in total. The fourth-order valence-electron chi connectivity index (χ4n) is 2.11. The third-order valence-electron chi connectivity index (χ3n) is 3.18. The van der Waals surface area contributed by atoms with E-state index in [9.17, 15) is 4.79 Å². The fourth-order valence-corrected chi connectivity index (χ4v) is 2.31. The SMILES string of the molecule is C[C@H](N[C@H](C(N)=O)c1ccccc1)c1cccc(Cl)c1. The molecular weight excluding hydrogens is 272 g/mol. The lowest BCUT2D eigenvalue weighted by Gasteiger charge is -2.21. The van der Waals surface area contributed by atoms with Crippen molar-refractivity contribution in [2.24, 2.45) is 5.73 Å². The zero-order valence-corrected chi connectivity index (χ0v) is 12.0. The number of hydrogen-bond donors (Lipinski definition) is 2. The van der Waals surface area contributed by atoms with Gasteiger partial charge in [0, 0.05) is 11.1 Å². The largest absolute Gasteiger partial charge is 0.368 e. The second kappa shape index (κ2) is 6.55. The predicted octanol–water partition coefficient (Wildman–Crippen LogP) is 3.22. The molecular formula is C16H17ClN2O. The van der Waals surface area contributed by atoms with Crippen molar-refractivity contribution in [3.63, 3.8) is 0 Å². The van der Waals surface area contributed by atoms with E-state index in [4.69, 9.17) is 17.3 Å². The van der Waals surface area contributed by atoms with E-state index in [0.29, 0.717) is 5.02 Å². The van der Waals surface area contributed by atoms with Gasteiger partial charge in [0.2, 0.25) is 5.91 Å². The van der Waals surface area contributed by atoms with Crippen molar-refractivity contribution in [3.8, 4) is 0 Å². The highest BCUT2D eigenvalue weighted by Crippen LogP contribution is 2.21. The van der Waals surface area contributed by atoms with Crippen LogP contribution in [0.5, 0.6) is 0 Å². The maximum atomic E-state index is 11.7. The summed E-state index contributed by atoms with van der Waals surface area (Å²) >= 11 is 5.99. The molecule has 0 bridgehead atoms. The van der Waals surface area contributed by atoms with E-state index in [1.165, 1.54) is 0 Å². The molecule has 20 heavy (non-hydrogen) atoms. The number of carbonyl (C=O) groups excluding carboxylic acids is 1. The molecule has 0 aromatic heterocycles. The number of amides is 1. The molecule has 0 radical (unpaired) electrons. The summed E-state index contributed by atoms with van der Waals surface area (Å²) in [6.45, 7) is 1.98. The quantitative estimate of drug-likeness (QED) is 0.887. The highest BCUT2D eigenvalue weighted by atomic mass is 35.5. The van der Waals surface area contributed by atoms with Gasteiger partial charge in [-0.3, -0.25) is 10.1 Å². The Bertz CT molecular complexity index is 586. The Morgan fingerprint density at radius 1 is 1.10 bits per heavy atom. The molecule has 0 saturated heterocycles. The molecule has 2 aromatic rings. The summed E-state index contributed by atoms with van der Waals surface area (Å²) in [6, 6.07) is 16.4. The third-order valence-corrected chi connectivity index (χ3v) is 3.42. The number of primary amides is 1. The lowest BCUT2D eigenvalue weighted by atomic mass is 10.0. The minimum absolute atomic E-state index is 0.0357. The Kier molecular flexibility index (Phi) is 4.77. The van der Waals surface area contributed by atoms with E-state index in [-0.39, 0.29) is 6.04 Å². The van der Waals surface area contributed by atoms with Crippen molar-refractivity contribution in [2.45, 2.75) is 19.0 Å². The van der Waals surface area contributed by atoms with E-state index in [1.54, 1.807) is 0 Å². The lowest BCUT2D eigenvalue weighted by Crippen LogP contribution is -2.35. The topological polar surface area (TPSA) is 55.1 Å². The molecule has 3 nitrogen and oxygen atoms in total. The van der Waals surface area contributed by atoms with Gasteiger partial charge in [0.05, 0.1) is 0 Å². The summed E-state index contributed by atoms with van der Waals surface area (Å²) < 4.78 is 0. The van der Waals surface area contributed by atoms with Crippen LogP contribution in [0.3, 0.4) is 0 Å². The van der Waals surface area contributed by atoms with Crippen LogP contribution in [0.25, 0.3) is 0 Å². The molecule has 104 valence electrons. The number of nitrogens with one attached hydrogen (secondary N) is 1. The molecule has 0 fully saturated rings. The van der Waals surface area contributed by atoms with Crippen molar-refractivity contribution in [3.05, 3.63) is 70.7 Å². The van der Waals surface area contributed by atoms with Gasteiger partial charge in [-0.25, -0.2) is 0 Å². The Morgan fingerprint density at radius 2 is 1.75 bits per heavy atom. The van der Waals surface area contributed by atoms with Crippen molar-refractivity contribution >= 4 is 17.5 Å². The van der Waals surface area contributed by atoms with Crippen LogP contribution < -0.4 is 11.1 Å². The molecule has 0 aliphatic rings. The standard InChI is InChI=1S/C16H17ClN2O/c1-11(13-8-5-9-14(17)10-13)19-15(16(18)20)12-6-3-2-4-7-12/h2-11,15,19H,1H3,(H2,18,20)/t11-,15-/m0/s1. The maximum absolute atomic E-state index is 11.7. The number of hydrogen-bond acceptors (Lipinski definition) is 2. The van der Waals surface area contributed by atoms with Gasteiger partial charge in [0.15, 0.2) is 0 Å². The highest BCUT2D eigenvalue weighted by molar-refractivity contribution is 6.30. The normalized spacial score (nSPS) is 13.7. The van der Waals surface area contributed by atoms with Crippen LogP contribution in [0.1, 0.15) is 30.1 Å². The molecule has 0 saturated carbocycles. The molecule has 0 aliphatic carbocycles. The Balaban J connectivity index is 2.19. The van der Waals surface area contributed by atoms with Crippen LogP contribution in [-0.4, -0.2) is 5.91 Å². The number of carbonyl (C=O) groups is 1. The van der Waals surface area contributed by atoms with E-state index in [1.807, 2.05) is 61.5 Å². The van der Waals surface area contributed by atoms with E-state index >= 15 is 0 Å². The summed E-state index contributed by atoms with van der Waals surface area (Å²) in [7, 11) is 0. The molecule has 4 heteroatoms. The fraction of sp³-hybridized carbons (Fsp3) is 0.188. The molecule has 0 spiro atoms. The number of benzene rings is 2.